The van der Waals surface area contributed by atoms with Gasteiger partial charge in [0.2, 0.25) is 5.91 Å². The maximum atomic E-state index is 12.0. The van der Waals surface area contributed by atoms with Gasteiger partial charge in [0.1, 0.15) is 12.4 Å². The van der Waals surface area contributed by atoms with Gasteiger partial charge >= 0.3 is 0 Å². The van der Waals surface area contributed by atoms with E-state index in [0.29, 0.717) is 18.8 Å². The highest BCUT2D eigenvalue weighted by molar-refractivity contribution is 5.75. The van der Waals surface area contributed by atoms with E-state index >= 15 is 0 Å². The highest BCUT2D eigenvalue weighted by atomic mass is 16.2. The summed E-state index contributed by atoms with van der Waals surface area (Å²) in [6.07, 6.45) is 5.23. The number of nitrogens with two attached hydrogens (primary N) is 1. The predicted octanol–water partition coefficient (Wildman–Crippen LogP) is -0.871. The number of rotatable bonds is 5. The SMILES string of the molecule is CN(Cc1nccn1C)C(=O)Cn1cc(CN)nn1. The van der Waals surface area contributed by atoms with Crippen LogP contribution in [0.2, 0.25) is 0 Å². The zero-order chi connectivity index (χ0) is 13.8. The Hall–Kier alpha value is -2.22. The van der Waals surface area contributed by atoms with Crippen LogP contribution in [0.15, 0.2) is 18.6 Å². The van der Waals surface area contributed by atoms with Gasteiger partial charge in [-0.15, -0.1) is 5.10 Å². The second-order valence-electron chi connectivity index (χ2n) is 4.32. The normalized spacial score (nSPS) is 10.7. The molecule has 0 aliphatic carbocycles. The lowest BCUT2D eigenvalue weighted by Crippen LogP contribution is -2.30. The number of likely N-dealkylation sites (N-methyl/N-ethyl adjacent to an activating group) is 1. The van der Waals surface area contributed by atoms with Gasteiger partial charge in [-0.3, -0.25) is 4.79 Å². The molecule has 8 heteroatoms. The topological polar surface area (TPSA) is 94.9 Å². The molecule has 0 unspecified atom stereocenters. The van der Waals surface area contributed by atoms with Gasteiger partial charge in [-0.05, 0) is 0 Å². The fourth-order valence-electron chi connectivity index (χ4n) is 1.62. The number of aromatic nitrogens is 5. The van der Waals surface area contributed by atoms with Crippen molar-refractivity contribution in [1.29, 1.82) is 0 Å². The Kier molecular flexibility index (Phi) is 3.91. The minimum absolute atomic E-state index is 0.0588. The van der Waals surface area contributed by atoms with Crippen molar-refractivity contribution in [3.05, 3.63) is 30.1 Å². The van der Waals surface area contributed by atoms with E-state index in [2.05, 4.69) is 15.3 Å². The number of hydrogen-bond acceptors (Lipinski definition) is 5. The number of nitrogens with zero attached hydrogens (tertiary/aromatic N) is 6. The van der Waals surface area contributed by atoms with Crippen molar-refractivity contribution in [3.8, 4) is 0 Å². The van der Waals surface area contributed by atoms with Crippen molar-refractivity contribution >= 4 is 5.91 Å². The third-order valence-electron chi connectivity index (χ3n) is 2.82. The van der Waals surface area contributed by atoms with Gasteiger partial charge in [0.05, 0.1) is 18.4 Å². The third-order valence-corrected chi connectivity index (χ3v) is 2.82. The number of aryl methyl sites for hydroxylation is 1. The highest BCUT2D eigenvalue weighted by Gasteiger charge is 2.13. The molecule has 2 aromatic heterocycles. The third kappa shape index (κ3) is 3.16. The van der Waals surface area contributed by atoms with Crippen molar-refractivity contribution in [1.82, 2.24) is 29.4 Å². The van der Waals surface area contributed by atoms with Crippen LogP contribution in [0.25, 0.3) is 0 Å². The van der Waals surface area contributed by atoms with Crippen LogP contribution in [0.4, 0.5) is 0 Å². The van der Waals surface area contributed by atoms with Crippen LogP contribution >= 0.6 is 0 Å². The summed E-state index contributed by atoms with van der Waals surface area (Å²) < 4.78 is 3.37. The summed E-state index contributed by atoms with van der Waals surface area (Å²) in [4.78, 5) is 17.8. The second kappa shape index (κ2) is 5.61. The van der Waals surface area contributed by atoms with Gasteiger partial charge < -0.3 is 15.2 Å². The fraction of sp³-hybridized carbons (Fsp3) is 0.455. The highest BCUT2D eigenvalue weighted by Crippen LogP contribution is 2.01. The van der Waals surface area contributed by atoms with E-state index in [-0.39, 0.29) is 12.5 Å². The first-order chi connectivity index (χ1) is 9.10. The molecule has 0 bridgehead atoms. The number of imidazole rings is 1. The Morgan fingerprint density at radius 1 is 1.53 bits per heavy atom. The van der Waals surface area contributed by atoms with Gasteiger partial charge in [0.15, 0.2) is 0 Å². The van der Waals surface area contributed by atoms with E-state index in [4.69, 9.17) is 5.73 Å². The first-order valence-electron chi connectivity index (χ1n) is 5.89. The quantitative estimate of drug-likeness (QED) is 0.756. The Balaban J connectivity index is 1.94. The minimum Gasteiger partial charge on any atom is -0.337 e. The van der Waals surface area contributed by atoms with E-state index in [9.17, 15) is 4.79 Å². The van der Waals surface area contributed by atoms with Crippen LogP contribution in [-0.2, 0) is 31.5 Å². The van der Waals surface area contributed by atoms with Crippen LogP contribution < -0.4 is 5.73 Å². The number of amides is 1. The number of carbonyl (C=O) groups is 1. The van der Waals surface area contributed by atoms with E-state index in [1.165, 1.54) is 4.68 Å². The predicted molar refractivity (Wildman–Crippen MR) is 67.6 cm³/mol. The summed E-state index contributed by atoms with van der Waals surface area (Å²) in [5, 5.41) is 7.68. The molecule has 0 radical (unpaired) electrons. The van der Waals surface area contributed by atoms with Gasteiger partial charge in [-0.1, -0.05) is 5.21 Å². The first kappa shape index (κ1) is 13.2. The molecular weight excluding hydrogens is 246 g/mol. The zero-order valence-corrected chi connectivity index (χ0v) is 11.0. The molecule has 0 aliphatic rings. The summed E-state index contributed by atoms with van der Waals surface area (Å²) in [5.74, 6) is 0.772. The summed E-state index contributed by atoms with van der Waals surface area (Å²) in [6, 6.07) is 0. The minimum atomic E-state index is -0.0588. The standard InChI is InChI=1S/C11H17N7O/c1-16-4-3-13-10(16)7-17(2)11(19)8-18-6-9(5-12)14-15-18/h3-4,6H,5,7-8,12H2,1-2H3. The first-order valence-corrected chi connectivity index (χ1v) is 5.89. The van der Waals surface area contributed by atoms with E-state index in [1.54, 1.807) is 24.3 Å². The zero-order valence-electron chi connectivity index (χ0n) is 11.0. The van der Waals surface area contributed by atoms with Crippen LogP contribution in [-0.4, -0.2) is 42.4 Å². The molecule has 2 rings (SSSR count). The molecule has 0 saturated heterocycles. The van der Waals surface area contributed by atoms with Crippen molar-refractivity contribution in [2.75, 3.05) is 7.05 Å². The second-order valence-corrected chi connectivity index (χ2v) is 4.32. The maximum Gasteiger partial charge on any atom is 0.244 e. The molecule has 0 atom stereocenters. The van der Waals surface area contributed by atoms with Crippen LogP contribution in [0.5, 0.6) is 0 Å². The molecular formula is C11H17N7O. The molecule has 2 N–H and O–H groups in total. The van der Waals surface area contributed by atoms with Gasteiger partial charge in [0, 0.05) is 33.0 Å². The molecule has 0 spiro atoms. The molecule has 2 aromatic rings. The Morgan fingerprint density at radius 2 is 2.32 bits per heavy atom. The lowest BCUT2D eigenvalue weighted by molar-refractivity contribution is -0.131. The van der Waals surface area contributed by atoms with Gasteiger partial charge in [-0.2, -0.15) is 0 Å². The molecule has 0 aromatic carbocycles. The Labute approximate surface area is 110 Å². The smallest absolute Gasteiger partial charge is 0.244 e. The molecule has 0 aliphatic heterocycles. The summed E-state index contributed by atoms with van der Waals surface area (Å²) in [5.41, 5.74) is 6.10. The van der Waals surface area contributed by atoms with E-state index in [1.807, 2.05) is 17.8 Å². The van der Waals surface area contributed by atoms with Crippen LogP contribution in [0, 0.1) is 0 Å². The summed E-state index contributed by atoms with van der Waals surface area (Å²) >= 11 is 0. The molecule has 2 heterocycles. The molecule has 0 fully saturated rings. The molecule has 8 nitrogen and oxygen atoms in total. The summed E-state index contributed by atoms with van der Waals surface area (Å²) in [7, 11) is 3.63. The maximum absolute atomic E-state index is 12.0. The lowest BCUT2D eigenvalue weighted by atomic mass is 10.4. The average Bonchev–Trinajstić information content (AvgIpc) is 2.99. The number of hydrogen-bond donors (Lipinski definition) is 1. The molecule has 19 heavy (non-hydrogen) atoms. The van der Waals surface area contributed by atoms with Crippen LogP contribution in [0.1, 0.15) is 11.5 Å². The van der Waals surface area contributed by atoms with E-state index < -0.39 is 0 Å². The number of carbonyl (C=O) groups excluding carboxylic acids is 1. The van der Waals surface area contributed by atoms with Gasteiger partial charge in [0.25, 0.3) is 0 Å². The monoisotopic (exact) mass is 263 g/mol. The molecule has 102 valence electrons. The van der Waals surface area contributed by atoms with Crippen molar-refractivity contribution in [2.45, 2.75) is 19.6 Å². The van der Waals surface area contributed by atoms with Gasteiger partial charge in [-0.25, -0.2) is 9.67 Å². The van der Waals surface area contributed by atoms with Crippen molar-refractivity contribution in [3.63, 3.8) is 0 Å². The Morgan fingerprint density at radius 3 is 2.89 bits per heavy atom. The fourth-order valence-corrected chi connectivity index (χ4v) is 1.62. The molecule has 0 saturated carbocycles. The summed E-state index contributed by atoms with van der Waals surface area (Å²) in [6.45, 7) is 0.923. The largest absolute Gasteiger partial charge is 0.337 e. The van der Waals surface area contributed by atoms with Crippen LogP contribution in [0.3, 0.4) is 0 Å². The molecule has 1 amide bonds. The van der Waals surface area contributed by atoms with Crippen molar-refractivity contribution in [2.24, 2.45) is 12.8 Å². The van der Waals surface area contributed by atoms with Crippen molar-refractivity contribution < 1.29 is 4.79 Å². The Bertz CT molecular complexity index is 559. The average molecular weight is 263 g/mol. The van der Waals surface area contributed by atoms with E-state index in [0.717, 1.165) is 5.82 Å². The lowest BCUT2D eigenvalue weighted by Gasteiger charge is -2.16.